The van der Waals surface area contributed by atoms with Crippen molar-refractivity contribution in [2.45, 2.75) is 13.3 Å². The Morgan fingerprint density at radius 2 is 2.17 bits per heavy atom. The Balaban J connectivity index is 2.23. The highest BCUT2D eigenvalue weighted by Crippen LogP contribution is 2.28. The molecule has 0 saturated heterocycles. The van der Waals surface area contributed by atoms with E-state index < -0.39 is 29.3 Å². The second-order valence-corrected chi connectivity index (χ2v) is 4.01. The fraction of sp³-hybridized carbons (Fsp3) is 0.308. The molecule has 0 aromatic heterocycles. The number of hydrogen-bond acceptors (Lipinski definition) is 4. The first-order chi connectivity index (χ1) is 8.54. The van der Waals surface area contributed by atoms with Gasteiger partial charge in [0.2, 0.25) is 0 Å². The Hall–Kier alpha value is -2.04. The van der Waals surface area contributed by atoms with E-state index in [9.17, 15) is 18.8 Å². The van der Waals surface area contributed by atoms with Crippen LogP contribution >= 0.6 is 0 Å². The molecule has 0 heterocycles. The monoisotopic (exact) mass is 250 g/mol. The number of ketones is 2. The van der Waals surface area contributed by atoms with Crippen molar-refractivity contribution >= 4 is 17.5 Å². The fourth-order valence-corrected chi connectivity index (χ4v) is 2.03. The molecule has 2 rings (SSSR count). The quantitative estimate of drug-likeness (QED) is 0.461. The van der Waals surface area contributed by atoms with Crippen LogP contribution in [0.5, 0.6) is 0 Å². The minimum absolute atomic E-state index is 0.0591. The lowest BCUT2D eigenvalue weighted by molar-refractivity contribution is -0.154. The SMILES string of the molecule is CCOC(=O)C(=O)C1Cc2cc(F)ccc2C1=O. The van der Waals surface area contributed by atoms with Crippen LogP contribution in [0.15, 0.2) is 18.2 Å². The van der Waals surface area contributed by atoms with E-state index in [0.717, 1.165) is 6.07 Å². The zero-order chi connectivity index (χ0) is 13.3. The van der Waals surface area contributed by atoms with E-state index in [2.05, 4.69) is 4.74 Å². The molecule has 18 heavy (non-hydrogen) atoms. The van der Waals surface area contributed by atoms with Gasteiger partial charge in [0, 0.05) is 5.56 Å². The van der Waals surface area contributed by atoms with Gasteiger partial charge in [0.05, 0.1) is 12.5 Å². The van der Waals surface area contributed by atoms with Crippen LogP contribution in [0.1, 0.15) is 22.8 Å². The summed E-state index contributed by atoms with van der Waals surface area (Å²) >= 11 is 0. The van der Waals surface area contributed by atoms with Gasteiger partial charge < -0.3 is 4.74 Å². The van der Waals surface area contributed by atoms with Gasteiger partial charge in [-0.05, 0) is 37.1 Å². The largest absolute Gasteiger partial charge is 0.460 e. The first-order valence-electron chi connectivity index (χ1n) is 5.58. The number of esters is 1. The number of carbonyl (C=O) groups excluding carboxylic acids is 3. The van der Waals surface area contributed by atoms with Crippen molar-refractivity contribution in [3.63, 3.8) is 0 Å². The summed E-state index contributed by atoms with van der Waals surface area (Å²) in [6, 6.07) is 3.71. The number of halogens is 1. The van der Waals surface area contributed by atoms with Gasteiger partial charge in [-0.1, -0.05) is 0 Å². The van der Waals surface area contributed by atoms with Crippen molar-refractivity contribution in [1.29, 1.82) is 0 Å². The number of carbonyl (C=O) groups is 3. The average Bonchev–Trinajstić information content (AvgIpc) is 2.65. The normalized spacial score (nSPS) is 17.4. The summed E-state index contributed by atoms with van der Waals surface area (Å²) in [5, 5.41) is 0. The lowest BCUT2D eigenvalue weighted by atomic mass is 10.00. The molecule has 1 aromatic rings. The van der Waals surface area contributed by atoms with Gasteiger partial charge in [-0.15, -0.1) is 0 Å². The number of ether oxygens (including phenoxy) is 1. The molecule has 5 heteroatoms. The second-order valence-electron chi connectivity index (χ2n) is 4.01. The van der Waals surface area contributed by atoms with Gasteiger partial charge in [0.15, 0.2) is 5.78 Å². The third kappa shape index (κ3) is 2.03. The van der Waals surface area contributed by atoms with Gasteiger partial charge in [-0.3, -0.25) is 9.59 Å². The topological polar surface area (TPSA) is 60.4 Å². The molecule has 1 aromatic carbocycles. The van der Waals surface area contributed by atoms with Gasteiger partial charge >= 0.3 is 5.97 Å². The minimum Gasteiger partial charge on any atom is -0.460 e. The van der Waals surface area contributed by atoms with Crippen LogP contribution < -0.4 is 0 Å². The predicted octanol–water partition coefficient (Wildman–Crippen LogP) is 1.31. The van der Waals surface area contributed by atoms with Crippen molar-refractivity contribution < 1.29 is 23.5 Å². The third-order valence-corrected chi connectivity index (χ3v) is 2.87. The van der Waals surface area contributed by atoms with E-state index in [1.54, 1.807) is 6.92 Å². The lowest BCUT2D eigenvalue weighted by Crippen LogP contribution is -2.29. The average molecular weight is 250 g/mol. The van der Waals surface area contributed by atoms with Gasteiger partial charge in [0.25, 0.3) is 5.78 Å². The van der Waals surface area contributed by atoms with Gasteiger partial charge in [0.1, 0.15) is 5.82 Å². The molecule has 0 fully saturated rings. The second kappa shape index (κ2) is 4.68. The molecule has 0 N–H and O–H groups in total. The van der Waals surface area contributed by atoms with E-state index in [1.807, 2.05) is 0 Å². The van der Waals surface area contributed by atoms with Crippen molar-refractivity contribution in [2.24, 2.45) is 5.92 Å². The molecule has 0 bridgehead atoms. The maximum absolute atomic E-state index is 13.0. The smallest absolute Gasteiger partial charge is 0.375 e. The Bertz CT molecular complexity index is 536. The molecule has 0 aliphatic heterocycles. The highest BCUT2D eigenvalue weighted by Gasteiger charge is 2.39. The number of benzene rings is 1. The maximum atomic E-state index is 13.0. The number of fused-ring (bicyclic) bond motifs is 1. The van der Waals surface area contributed by atoms with Crippen LogP contribution in [0.3, 0.4) is 0 Å². The lowest BCUT2D eigenvalue weighted by Gasteiger charge is -2.05. The summed E-state index contributed by atoms with van der Waals surface area (Å²) in [6.07, 6.45) is 0.0591. The number of hydrogen-bond donors (Lipinski definition) is 0. The van der Waals surface area contributed by atoms with Crippen LogP contribution in [-0.2, 0) is 20.7 Å². The molecule has 1 aliphatic rings. The van der Waals surface area contributed by atoms with E-state index in [-0.39, 0.29) is 13.0 Å². The molecule has 1 atom stereocenters. The summed E-state index contributed by atoms with van der Waals surface area (Å²) in [5.74, 6) is -3.85. The highest BCUT2D eigenvalue weighted by atomic mass is 19.1. The van der Waals surface area contributed by atoms with E-state index in [0.29, 0.717) is 11.1 Å². The van der Waals surface area contributed by atoms with E-state index in [4.69, 9.17) is 0 Å². The summed E-state index contributed by atoms with van der Waals surface area (Å²) in [5.41, 5.74) is 0.765. The van der Waals surface area contributed by atoms with Crippen LogP contribution in [0.2, 0.25) is 0 Å². The van der Waals surface area contributed by atoms with Crippen LogP contribution in [-0.4, -0.2) is 24.1 Å². The zero-order valence-corrected chi connectivity index (χ0v) is 9.73. The van der Waals surface area contributed by atoms with E-state index in [1.165, 1.54) is 12.1 Å². The Morgan fingerprint density at radius 1 is 1.44 bits per heavy atom. The Morgan fingerprint density at radius 3 is 2.83 bits per heavy atom. The third-order valence-electron chi connectivity index (χ3n) is 2.87. The Labute approximate surface area is 103 Å². The number of Topliss-reactive ketones (excluding diaryl/α,β-unsaturated/α-hetero) is 2. The van der Waals surface area contributed by atoms with Crippen molar-refractivity contribution in [3.8, 4) is 0 Å². The van der Waals surface area contributed by atoms with Crippen LogP contribution in [0, 0.1) is 11.7 Å². The zero-order valence-electron chi connectivity index (χ0n) is 9.73. The number of rotatable bonds is 3. The van der Waals surface area contributed by atoms with Gasteiger partial charge in [-0.2, -0.15) is 0 Å². The van der Waals surface area contributed by atoms with Gasteiger partial charge in [-0.25, -0.2) is 9.18 Å². The molecule has 4 nitrogen and oxygen atoms in total. The molecule has 1 aliphatic carbocycles. The first-order valence-corrected chi connectivity index (χ1v) is 5.58. The summed E-state index contributed by atoms with van der Waals surface area (Å²) in [6.45, 7) is 1.65. The molecular formula is C13H11FO4. The highest BCUT2D eigenvalue weighted by molar-refractivity contribution is 6.40. The van der Waals surface area contributed by atoms with Crippen molar-refractivity contribution in [1.82, 2.24) is 0 Å². The van der Waals surface area contributed by atoms with Crippen molar-refractivity contribution in [3.05, 3.63) is 35.1 Å². The fourth-order valence-electron chi connectivity index (χ4n) is 2.03. The molecule has 0 radical (unpaired) electrons. The molecule has 0 spiro atoms. The minimum atomic E-state index is -1.07. The first kappa shape index (κ1) is 12.4. The van der Waals surface area contributed by atoms with Crippen LogP contribution in [0.4, 0.5) is 4.39 Å². The molecular weight excluding hydrogens is 239 g/mol. The maximum Gasteiger partial charge on any atom is 0.375 e. The molecule has 94 valence electrons. The predicted molar refractivity (Wildman–Crippen MR) is 59.6 cm³/mol. The molecule has 0 amide bonds. The van der Waals surface area contributed by atoms with Crippen molar-refractivity contribution in [2.75, 3.05) is 6.61 Å². The van der Waals surface area contributed by atoms with E-state index >= 15 is 0 Å². The standard InChI is InChI=1S/C13H11FO4/c1-2-18-13(17)12(16)10-6-7-5-8(14)3-4-9(7)11(10)15/h3-5,10H,2,6H2,1H3. The summed E-state index contributed by atoms with van der Waals surface area (Å²) in [7, 11) is 0. The van der Waals surface area contributed by atoms with Crippen LogP contribution in [0.25, 0.3) is 0 Å². The molecule has 1 unspecified atom stereocenters. The Kier molecular flexibility index (Phi) is 3.23. The molecule has 0 saturated carbocycles. The summed E-state index contributed by atoms with van der Waals surface area (Å²) in [4.78, 5) is 34.9. The summed E-state index contributed by atoms with van der Waals surface area (Å²) < 4.78 is 17.6.